The van der Waals surface area contributed by atoms with Crippen LogP contribution in [0.5, 0.6) is 0 Å². The van der Waals surface area contributed by atoms with Gasteiger partial charge in [-0.05, 0) is 111 Å². The second-order valence-electron chi connectivity index (χ2n) is 14.3. The van der Waals surface area contributed by atoms with Gasteiger partial charge in [-0.15, -0.1) is 0 Å². The van der Waals surface area contributed by atoms with E-state index in [9.17, 15) is 14.7 Å². The Kier molecular flexibility index (Phi) is 4.99. The lowest BCUT2D eigenvalue weighted by Crippen LogP contribution is -2.66. The molecule has 0 aromatic rings. The van der Waals surface area contributed by atoms with Crippen LogP contribution in [0.2, 0.25) is 0 Å². The zero-order valence-electron chi connectivity index (χ0n) is 21.9. The van der Waals surface area contributed by atoms with Gasteiger partial charge in [-0.3, -0.25) is 9.59 Å². The van der Waals surface area contributed by atoms with E-state index in [2.05, 4.69) is 48.1 Å². The molecular formula is C30H46O3. The van der Waals surface area contributed by atoms with Crippen LogP contribution < -0.4 is 0 Å². The molecule has 0 spiro atoms. The van der Waals surface area contributed by atoms with Crippen molar-refractivity contribution in [2.45, 2.75) is 106 Å². The Morgan fingerprint density at radius 2 is 1.58 bits per heavy atom. The number of rotatable bonds is 2. The first-order chi connectivity index (χ1) is 15.3. The number of allylic oxidation sites excluding steroid dienone is 1. The lowest BCUT2D eigenvalue weighted by molar-refractivity contribution is -0.235. The number of carbonyl (C=O) groups is 2. The molecule has 184 valence electrons. The zero-order valence-corrected chi connectivity index (χ0v) is 21.9. The van der Waals surface area contributed by atoms with Crippen molar-refractivity contribution in [1.29, 1.82) is 0 Å². The summed E-state index contributed by atoms with van der Waals surface area (Å²) in [6.07, 6.45) is 10.1. The van der Waals surface area contributed by atoms with Gasteiger partial charge >= 0.3 is 5.97 Å². The summed E-state index contributed by atoms with van der Waals surface area (Å²) in [5.74, 6) is 2.07. The molecule has 0 bridgehead atoms. The van der Waals surface area contributed by atoms with E-state index in [0.717, 1.165) is 51.4 Å². The highest BCUT2D eigenvalue weighted by Crippen LogP contribution is 2.77. The molecule has 5 aliphatic carbocycles. The molecule has 3 heteroatoms. The number of hydrogen-bond acceptors (Lipinski definition) is 2. The number of carbonyl (C=O) groups excluding carboxylic acids is 1. The molecule has 0 heterocycles. The van der Waals surface area contributed by atoms with Crippen LogP contribution >= 0.6 is 0 Å². The third kappa shape index (κ3) is 2.69. The third-order valence-corrected chi connectivity index (χ3v) is 13.2. The summed E-state index contributed by atoms with van der Waals surface area (Å²) in [6.45, 7) is 18.5. The Morgan fingerprint density at radius 3 is 2.21 bits per heavy atom. The fourth-order valence-electron chi connectivity index (χ4n) is 11.3. The molecule has 0 aromatic heterocycles. The predicted octanol–water partition coefficient (Wildman–Crippen LogP) is 7.30. The highest BCUT2D eigenvalue weighted by Gasteiger charge is 2.72. The molecule has 5 saturated carbocycles. The van der Waals surface area contributed by atoms with Gasteiger partial charge in [-0.2, -0.15) is 0 Å². The fraction of sp³-hybridized carbons (Fsp3) is 0.867. The molecule has 5 aliphatic rings. The minimum absolute atomic E-state index is 0.164. The normalized spacial score (nSPS) is 52.8. The van der Waals surface area contributed by atoms with E-state index in [1.807, 2.05) is 0 Å². The first kappa shape index (κ1) is 23.6. The summed E-state index contributed by atoms with van der Waals surface area (Å²) >= 11 is 0. The van der Waals surface area contributed by atoms with Crippen LogP contribution in [0.3, 0.4) is 0 Å². The molecule has 1 N–H and O–H groups in total. The van der Waals surface area contributed by atoms with Crippen LogP contribution in [-0.2, 0) is 9.59 Å². The molecular weight excluding hydrogens is 408 g/mol. The molecule has 5 rings (SSSR count). The topological polar surface area (TPSA) is 54.4 Å². The van der Waals surface area contributed by atoms with E-state index in [-0.39, 0.29) is 27.6 Å². The van der Waals surface area contributed by atoms with Crippen LogP contribution in [0.4, 0.5) is 0 Å². The van der Waals surface area contributed by atoms with Gasteiger partial charge in [0.1, 0.15) is 5.78 Å². The average molecular weight is 455 g/mol. The Balaban J connectivity index is 1.57. The third-order valence-electron chi connectivity index (χ3n) is 13.2. The maximum atomic E-state index is 12.9. The van der Waals surface area contributed by atoms with E-state index in [0.29, 0.717) is 29.5 Å². The fourth-order valence-corrected chi connectivity index (χ4v) is 11.3. The summed E-state index contributed by atoms with van der Waals surface area (Å²) in [5, 5.41) is 10.5. The standard InChI is InChI=1S/C30H46O3/c1-18(2)19-10-15-30(25(32)33)17-16-28(6)20(24(19)30)8-9-22-27(5)13-12-23(31)26(3,4)21(27)11-14-29(22,28)7/h19-22,24H,1,8-17H2,2-7H3,(H,32,33)/t19-,20-,21-,22+,24-,27-,28+,29+,30-/m0/s1. The summed E-state index contributed by atoms with van der Waals surface area (Å²) < 4.78 is 0. The van der Waals surface area contributed by atoms with Crippen LogP contribution in [0.15, 0.2) is 12.2 Å². The van der Waals surface area contributed by atoms with Crippen LogP contribution in [-0.4, -0.2) is 16.9 Å². The summed E-state index contributed by atoms with van der Waals surface area (Å²) in [4.78, 5) is 25.7. The van der Waals surface area contributed by atoms with Gasteiger partial charge in [-0.1, -0.05) is 46.8 Å². The number of fused-ring (bicyclic) bond motifs is 7. The SMILES string of the molecule is C=C(C)[C@@H]1CC[C@]2(C(=O)O)CC[C@]3(C)[C@@H](CC[C@@H]4[C@@]5(C)CCC(=O)C(C)(C)[C@@H]5CC[C@]43C)[C@H]12. The van der Waals surface area contributed by atoms with Crippen molar-refractivity contribution >= 4 is 11.8 Å². The van der Waals surface area contributed by atoms with Crippen molar-refractivity contribution in [2.75, 3.05) is 0 Å². The average Bonchev–Trinajstić information content (AvgIpc) is 3.13. The van der Waals surface area contributed by atoms with Crippen LogP contribution in [0.1, 0.15) is 106 Å². The summed E-state index contributed by atoms with van der Waals surface area (Å²) in [5.41, 5.74) is 1.03. The second kappa shape index (κ2) is 6.97. The Labute approximate surface area is 201 Å². The van der Waals surface area contributed by atoms with Crippen molar-refractivity contribution in [2.24, 2.45) is 56.7 Å². The molecule has 0 saturated heterocycles. The van der Waals surface area contributed by atoms with Gasteiger partial charge in [0.05, 0.1) is 5.41 Å². The summed E-state index contributed by atoms with van der Waals surface area (Å²) in [7, 11) is 0. The van der Waals surface area contributed by atoms with E-state index >= 15 is 0 Å². The molecule has 0 unspecified atom stereocenters. The minimum Gasteiger partial charge on any atom is -0.481 e. The molecule has 9 atom stereocenters. The molecule has 0 radical (unpaired) electrons. The molecule has 5 fully saturated rings. The molecule has 0 aromatic carbocycles. The van der Waals surface area contributed by atoms with Gasteiger partial charge in [0.15, 0.2) is 0 Å². The maximum Gasteiger partial charge on any atom is 0.309 e. The van der Waals surface area contributed by atoms with Crippen molar-refractivity contribution in [1.82, 2.24) is 0 Å². The van der Waals surface area contributed by atoms with Gasteiger partial charge in [0.2, 0.25) is 0 Å². The number of ketones is 1. The van der Waals surface area contributed by atoms with Crippen molar-refractivity contribution < 1.29 is 14.7 Å². The Bertz CT molecular complexity index is 902. The monoisotopic (exact) mass is 454 g/mol. The lowest BCUT2D eigenvalue weighted by atomic mass is 9.32. The zero-order chi connectivity index (χ0) is 24.2. The number of aliphatic carboxylic acids is 1. The quantitative estimate of drug-likeness (QED) is 0.445. The number of carboxylic acids is 1. The van der Waals surface area contributed by atoms with Crippen molar-refractivity contribution in [3.63, 3.8) is 0 Å². The van der Waals surface area contributed by atoms with Crippen molar-refractivity contribution in [3.8, 4) is 0 Å². The Morgan fingerprint density at radius 1 is 0.879 bits per heavy atom. The predicted molar refractivity (Wildman–Crippen MR) is 132 cm³/mol. The van der Waals surface area contributed by atoms with Gasteiger partial charge in [0.25, 0.3) is 0 Å². The Hall–Kier alpha value is -1.12. The molecule has 0 amide bonds. The van der Waals surface area contributed by atoms with Crippen LogP contribution in [0, 0.1) is 56.7 Å². The molecule has 3 nitrogen and oxygen atoms in total. The lowest BCUT2D eigenvalue weighted by Gasteiger charge is -2.72. The van der Waals surface area contributed by atoms with E-state index in [4.69, 9.17) is 0 Å². The van der Waals surface area contributed by atoms with E-state index in [1.165, 1.54) is 18.4 Å². The smallest absolute Gasteiger partial charge is 0.309 e. The minimum atomic E-state index is -0.547. The highest BCUT2D eigenvalue weighted by molar-refractivity contribution is 5.85. The first-order valence-electron chi connectivity index (χ1n) is 13.7. The maximum absolute atomic E-state index is 12.9. The number of carboxylic acid groups (broad SMARTS) is 1. The van der Waals surface area contributed by atoms with Gasteiger partial charge < -0.3 is 5.11 Å². The number of Topliss-reactive ketones (excluding diaryl/α,β-unsaturated/α-hetero) is 1. The number of hydrogen-bond donors (Lipinski definition) is 1. The largest absolute Gasteiger partial charge is 0.481 e. The van der Waals surface area contributed by atoms with Gasteiger partial charge in [-0.25, -0.2) is 0 Å². The van der Waals surface area contributed by atoms with Gasteiger partial charge in [0, 0.05) is 11.8 Å². The molecule has 0 aliphatic heterocycles. The van der Waals surface area contributed by atoms with E-state index < -0.39 is 11.4 Å². The van der Waals surface area contributed by atoms with Crippen molar-refractivity contribution in [3.05, 3.63) is 12.2 Å². The highest BCUT2D eigenvalue weighted by atomic mass is 16.4. The molecule has 33 heavy (non-hydrogen) atoms. The summed E-state index contributed by atoms with van der Waals surface area (Å²) in [6, 6.07) is 0. The van der Waals surface area contributed by atoms with E-state index in [1.54, 1.807) is 0 Å². The van der Waals surface area contributed by atoms with Crippen LogP contribution in [0.25, 0.3) is 0 Å². The second-order valence-corrected chi connectivity index (χ2v) is 14.3. The first-order valence-corrected chi connectivity index (χ1v) is 13.7.